The number of pyridine rings is 1. The molecule has 0 aliphatic heterocycles. The van der Waals surface area contributed by atoms with E-state index in [-0.39, 0.29) is 5.56 Å². The number of aromatic nitrogens is 1. The van der Waals surface area contributed by atoms with Gasteiger partial charge in [-0.2, -0.15) is 0 Å². The topological polar surface area (TPSA) is 59.2 Å². The van der Waals surface area contributed by atoms with Crippen molar-refractivity contribution in [3.63, 3.8) is 0 Å². The van der Waals surface area contributed by atoms with Gasteiger partial charge in [0.1, 0.15) is 0 Å². The Morgan fingerprint density at radius 2 is 2.27 bits per heavy atom. The molecule has 0 bridgehead atoms. The summed E-state index contributed by atoms with van der Waals surface area (Å²) in [4.78, 5) is 25.4. The van der Waals surface area contributed by atoms with Crippen molar-refractivity contribution in [2.45, 2.75) is 13.3 Å². The van der Waals surface area contributed by atoms with Crippen LogP contribution < -0.4 is 5.56 Å². The van der Waals surface area contributed by atoms with Crippen LogP contribution in [0.1, 0.15) is 28.4 Å². The maximum Gasteiger partial charge on any atom is 0.339 e. The summed E-state index contributed by atoms with van der Waals surface area (Å²) in [5.74, 6) is -0.423. The highest BCUT2D eigenvalue weighted by Gasteiger charge is 2.20. The number of aromatic amines is 1. The van der Waals surface area contributed by atoms with Gasteiger partial charge in [-0.15, -0.1) is 0 Å². The molecule has 0 saturated carbocycles. The van der Waals surface area contributed by atoms with Gasteiger partial charge in [-0.1, -0.05) is 11.6 Å². The zero-order chi connectivity index (χ0) is 11.0. The van der Waals surface area contributed by atoms with Crippen LogP contribution in [0.25, 0.3) is 6.08 Å². The van der Waals surface area contributed by atoms with Crippen molar-refractivity contribution in [2.75, 3.05) is 7.11 Å². The van der Waals surface area contributed by atoms with E-state index in [0.717, 1.165) is 5.57 Å². The van der Waals surface area contributed by atoms with Crippen LogP contribution in [0.5, 0.6) is 0 Å². The molecule has 0 spiro atoms. The molecule has 15 heavy (non-hydrogen) atoms. The molecule has 1 heterocycles. The van der Waals surface area contributed by atoms with E-state index in [9.17, 15) is 9.59 Å². The number of esters is 1. The Morgan fingerprint density at radius 3 is 2.93 bits per heavy atom. The number of fused-ring (bicyclic) bond motifs is 1. The monoisotopic (exact) mass is 205 g/mol. The quantitative estimate of drug-likeness (QED) is 0.699. The summed E-state index contributed by atoms with van der Waals surface area (Å²) < 4.78 is 4.65. The minimum absolute atomic E-state index is 0.134. The van der Waals surface area contributed by atoms with Gasteiger partial charge in [-0.25, -0.2) is 4.79 Å². The third-order valence-corrected chi connectivity index (χ3v) is 2.49. The lowest BCUT2D eigenvalue weighted by molar-refractivity contribution is 0.0600. The van der Waals surface area contributed by atoms with E-state index >= 15 is 0 Å². The van der Waals surface area contributed by atoms with Crippen molar-refractivity contribution in [2.24, 2.45) is 0 Å². The molecule has 0 radical (unpaired) electrons. The predicted octanol–water partition coefficient (Wildman–Crippen LogP) is 1.12. The molecule has 4 nitrogen and oxygen atoms in total. The second kappa shape index (κ2) is 3.38. The minimum atomic E-state index is -0.423. The van der Waals surface area contributed by atoms with Crippen LogP contribution in [-0.4, -0.2) is 18.1 Å². The van der Waals surface area contributed by atoms with E-state index in [4.69, 9.17) is 0 Å². The molecule has 0 amide bonds. The van der Waals surface area contributed by atoms with Crippen molar-refractivity contribution >= 4 is 12.0 Å². The number of H-pyrrole nitrogens is 1. The van der Waals surface area contributed by atoms with E-state index in [0.29, 0.717) is 23.1 Å². The molecule has 0 aromatic carbocycles. The first kappa shape index (κ1) is 9.71. The van der Waals surface area contributed by atoms with Crippen molar-refractivity contribution in [3.8, 4) is 0 Å². The van der Waals surface area contributed by atoms with Gasteiger partial charge < -0.3 is 9.72 Å². The standard InChI is InChI=1S/C11H11NO3/c1-6-3-7-8(4-6)10(13)12-5-9(7)11(14)15-2/h3,5H,4H2,1-2H3,(H,12,13). The second-order valence-electron chi connectivity index (χ2n) is 3.58. The van der Waals surface area contributed by atoms with Crippen molar-refractivity contribution in [1.29, 1.82) is 0 Å². The third-order valence-electron chi connectivity index (χ3n) is 2.49. The molecule has 1 aliphatic rings. The predicted molar refractivity (Wildman–Crippen MR) is 55.8 cm³/mol. The van der Waals surface area contributed by atoms with Crippen LogP contribution in [0.4, 0.5) is 0 Å². The molecule has 1 aromatic heterocycles. The summed E-state index contributed by atoms with van der Waals surface area (Å²) in [5, 5.41) is 0. The molecular formula is C11H11NO3. The molecule has 0 unspecified atom stereocenters. The molecule has 1 aromatic rings. The van der Waals surface area contributed by atoms with E-state index in [1.165, 1.54) is 13.3 Å². The van der Waals surface area contributed by atoms with Crippen LogP contribution in [0, 0.1) is 0 Å². The summed E-state index contributed by atoms with van der Waals surface area (Å²) in [6, 6.07) is 0. The Hall–Kier alpha value is -1.84. The van der Waals surface area contributed by atoms with Gasteiger partial charge >= 0.3 is 5.97 Å². The number of hydrogen-bond acceptors (Lipinski definition) is 3. The molecule has 0 fully saturated rings. The Kier molecular flexibility index (Phi) is 2.19. The van der Waals surface area contributed by atoms with Gasteiger partial charge in [-0.05, 0) is 18.9 Å². The number of allylic oxidation sites excluding steroid dienone is 1. The van der Waals surface area contributed by atoms with Crippen LogP contribution >= 0.6 is 0 Å². The Bertz CT molecular complexity index is 511. The van der Waals surface area contributed by atoms with E-state index < -0.39 is 5.97 Å². The molecule has 1 N–H and O–H groups in total. The lowest BCUT2D eigenvalue weighted by atomic mass is 10.1. The second-order valence-corrected chi connectivity index (χ2v) is 3.58. The van der Waals surface area contributed by atoms with Gasteiger partial charge in [0.05, 0.1) is 12.7 Å². The Labute approximate surface area is 86.6 Å². The first-order valence-electron chi connectivity index (χ1n) is 4.63. The number of rotatable bonds is 1. The zero-order valence-electron chi connectivity index (χ0n) is 8.59. The first-order valence-corrected chi connectivity index (χ1v) is 4.63. The average Bonchev–Trinajstić information content (AvgIpc) is 2.60. The maximum atomic E-state index is 11.5. The molecule has 1 aliphatic carbocycles. The molecule has 4 heteroatoms. The summed E-state index contributed by atoms with van der Waals surface area (Å²) in [7, 11) is 1.32. The lowest BCUT2D eigenvalue weighted by Crippen LogP contribution is -2.16. The van der Waals surface area contributed by atoms with Gasteiger partial charge in [0, 0.05) is 11.8 Å². The van der Waals surface area contributed by atoms with Gasteiger partial charge in [-0.3, -0.25) is 4.79 Å². The Balaban J connectivity index is 2.65. The van der Waals surface area contributed by atoms with Crippen LogP contribution in [-0.2, 0) is 11.2 Å². The molecule has 0 atom stereocenters. The number of carbonyl (C=O) groups excluding carboxylic acids is 1. The van der Waals surface area contributed by atoms with Gasteiger partial charge in [0.2, 0.25) is 0 Å². The summed E-state index contributed by atoms with van der Waals surface area (Å²) >= 11 is 0. The van der Waals surface area contributed by atoms with E-state index in [2.05, 4.69) is 9.72 Å². The summed E-state index contributed by atoms with van der Waals surface area (Å²) in [6.07, 6.45) is 3.87. The fourth-order valence-corrected chi connectivity index (χ4v) is 1.78. The SMILES string of the molecule is COC(=O)c1c[nH]c(=O)c2c1C=C(C)C2. The summed E-state index contributed by atoms with van der Waals surface area (Å²) in [5.41, 5.74) is 2.71. The van der Waals surface area contributed by atoms with Crippen molar-refractivity contribution < 1.29 is 9.53 Å². The van der Waals surface area contributed by atoms with Crippen molar-refractivity contribution in [1.82, 2.24) is 4.98 Å². The Morgan fingerprint density at radius 1 is 1.53 bits per heavy atom. The average molecular weight is 205 g/mol. The molecular weight excluding hydrogens is 194 g/mol. The molecule has 2 rings (SSSR count). The highest BCUT2D eigenvalue weighted by Crippen LogP contribution is 2.24. The third kappa shape index (κ3) is 1.48. The number of hydrogen-bond donors (Lipinski definition) is 1. The number of nitrogens with one attached hydrogen (secondary N) is 1. The molecule has 78 valence electrons. The normalized spacial score (nSPS) is 13.3. The lowest BCUT2D eigenvalue weighted by Gasteiger charge is -2.03. The number of methoxy groups -OCH3 is 1. The highest BCUT2D eigenvalue weighted by atomic mass is 16.5. The summed E-state index contributed by atoms with van der Waals surface area (Å²) in [6.45, 7) is 1.93. The zero-order valence-corrected chi connectivity index (χ0v) is 8.59. The fraction of sp³-hybridized carbons (Fsp3) is 0.273. The minimum Gasteiger partial charge on any atom is -0.465 e. The van der Waals surface area contributed by atoms with Crippen LogP contribution in [0.3, 0.4) is 0 Å². The maximum absolute atomic E-state index is 11.5. The van der Waals surface area contributed by atoms with E-state index in [1.807, 2.05) is 13.0 Å². The van der Waals surface area contributed by atoms with E-state index in [1.54, 1.807) is 0 Å². The fourth-order valence-electron chi connectivity index (χ4n) is 1.78. The molecule has 0 saturated heterocycles. The van der Waals surface area contributed by atoms with Crippen LogP contribution in [0.15, 0.2) is 16.6 Å². The first-order chi connectivity index (χ1) is 7.13. The largest absolute Gasteiger partial charge is 0.465 e. The highest BCUT2D eigenvalue weighted by molar-refractivity contribution is 5.94. The smallest absolute Gasteiger partial charge is 0.339 e. The van der Waals surface area contributed by atoms with Gasteiger partial charge in [0.15, 0.2) is 0 Å². The van der Waals surface area contributed by atoms with Gasteiger partial charge in [0.25, 0.3) is 5.56 Å². The van der Waals surface area contributed by atoms with Crippen LogP contribution in [0.2, 0.25) is 0 Å². The number of carbonyl (C=O) groups is 1. The number of ether oxygens (including phenoxy) is 1. The van der Waals surface area contributed by atoms with Crippen molar-refractivity contribution in [3.05, 3.63) is 38.8 Å².